The lowest BCUT2D eigenvalue weighted by atomic mass is 10.1. The Bertz CT molecular complexity index is 228. The normalized spacial score (nSPS) is 37.1. The fraction of sp³-hybridized carbons (Fsp3) is 0.900. The summed E-state index contributed by atoms with van der Waals surface area (Å²) in [5.74, 6) is 0.674. The van der Waals surface area contributed by atoms with Crippen LogP contribution in [-0.4, -0.2) is 48.0 Å². The Hall–Kier alpha value is -0.610. The van der Waals surface area contributed by atoms with Crippen LogP contribution in [0.3, 0.4) is 0 Å². The van der Waals surface area contributed by atoms with Crippen LogP contribution in [0, 0.1) is 5.41 Å². The van der Waals surface area contributed by atoms with Gasteiger partial charge < -0.3 is 10.3 Å². The van der Waals surface area contributed by atoms with Crippen molar-refractivity contribution < 1.29 is 0 Å². The van der Waals surface area contributed by atoms with E-state index in [1.807, 2.05) is 0 Å². The second-order valence-corrected chi connectivity index (χ2v) is 4.57. The molecule has 2 heterocycles. The molecule has 2 saturated heterocycles. The van der Waals surface area contributed by atoms with E-state index >= 15 is 0 Å². The average Bonchev–Trinajstić information content (AvgIpc) is 2.63. The van der Waals surface area contributed by atoms with Crippen LogP contribution in [0.2, 0.25) is 0 Å². The smallest absolute Gasteiger partial charge is 0.109 e. The van der Waals surface area contributed by atoms with Crippen molar-refractivity contribution >= 4 is 5.84 Å². The van der Waals surface area contributed by atoms with Crippen LogP contribution >= 0.6 is 0 Å². The van der Waals surface area contributed by atoms with Crippen molar-refractivity contribution in [3.8, 4) is 0 Å². The predicted molar refractivity (Wildman–Crippen MR) is 57.3 cm³/mol. The van der Waals surface area contributed by atoms with Gasteiger partial charge in [0.25, 0.3) is 0 Å². The first-order valence-electron chi connectivity index (χ1n) is 5.48. The maximum Gasteiger partial charge on any atom is 0.109 e. The quantitative estimate of drug-likeness (QED) is 0.396. The molecule has 0 aromatic rings. The molecule has 3 atom stereocenters. The summed E-state index contributed by atoms with van der Waals surface area (Å²) in [6.07, 6.45) is 3.41. The minimum Gasteiger partial charge on any atom is -0.307 e. The van der Waals surface area contributed by atoms with E-state index in [9.17, 15) is 0 Å². The Labute approximate surface area is 85.7 Å². The summed E-state index contributed by atoms with van der Waals surface area (Å²) in [5.41, 5.74) is 3.14. The van der Waals surface area contributed by atoms with Crippen LogP contribution in [0.4, 0.5) is 0 Å². The molecule has 0 saturated carbocycles. The van der Waals surface area contributed by atoms with Gasteiger partial charge in [-0.05, 0) is 33.4 Å². The Morgan fingerprint density at radius 1 is 1.57 bits per heavy atom. The van der Waals surface area contributed by atoms with Crippen LogP contribution in [0.5, 0.6) is 0 Å². The number of nitrogens with zero attached hydrogens (tertiary/aromatic N) is 2. The molecule has 4 nitrogen and oxygen atoms in total. The van der Waals surface area contributed by atoms with Gasteiger partial charge in [-0.25, -0.2) is 5.01 Å². The van der Waals surface area contributed by atoms with Gasteiger partial charge in [0.1, 0.15) is 5.84 Å². The van der Waals surface area contributed by atoms with Crippen LogP contribution in [0.1, 0.15) is 26.2 Å². The van der Waals surface area contributed by atoms with Gasteiger partial charge in [0, 0.05) is 25.0 Å². The Balaban J connectivity index is 1.71. The molecule has 2 aliphatic rings. The van der Waals surface area contributed by atoms with Crippen molar-refractivity contribution in [3.63, 3.8) is 0 Å². The van der Waals surface area contributed by atoms with E-state index in [1.165, 1.54) is 19.4 Å². The number of nitrogens with one attached hydrogen (secondary N) is 2. The van der Waals surface area contributed by atoms with Gasteiger partial charge in [-0.1, -0.05) is 0 Å². The molecule has 14 heavy (non-hydrogen) atoms. The second kappa shape index (κ2) is 3.87. The van der Waals surface area contributed by atoms with Crippen LogP contribution in [0.15, 0.2) is 0 Å². The summed E-state index contributed by atoms with van der Waals surface area (Å²) in [5, 5.41) is 9.93. The SMILES string of the molecule is CC1C[N@]1NC(=N)C[C@@H]1CCCN1C. The van der Waals surface area contributed by atoms with Crippen molar-refractivity contribution in [2.24, 2.45) is 0 Å². The third-order valence-corrected chi connectivity index (χ3v) is 3.25. The first kappa shape index (κ1) is 9.93. The molecule has 0 aliphatic carbocycles. The average molecular weight is 196 g/mol. The minimum atomic E-state index is 0.588. The molecule has 0 amide bonds. The van der Waals surface area contributed by atoms with E-state index in [1.54, 1.807) is 0 Å². The molecule has 2 N–H and O–H groups in total. The summed E-state index contributed by atoms with van der Waals surface area (Å²) in [7, 11) is 2.16. The molecule has 0 aromatic heterocycles. The first-order valence-corrected chi connectivity index (χ1v) is 5.48. The summed E-state index contributed by atoms with van der Waals surface area (Å²) < 4.78 is 0. The lowest BCUT2D eigenvalue weighted by Gasteiger charge is -2.20. The molecule has 0 radical (unpaired) electrons. The molecule has 2 rings (SSSR count). The molecule has 1 unspecified atom stereocenters. The zero-order valence-corrected chi connectivity index (χ0v) is 9.08. The first-order chi connectivity index (χ1) is 6.66. The van der Waals surface area contributed by atoms with Crippen molar-refractivity contribution in [2.75, 3.05) is 20.1 Å². The van der Waals surface area contributed by atoms with Crippen LogP contribution in [0.25, 0.3) is 0 Å². The molecular formula is C10H20N4. The molecular weight excluding hydrogens is 176 g/mol. The highest BCUT2D eigenvalue weighted by Crippen LogP contribution is 2.18. The Morgan fingerprint density at radius 2 is 2.29 bits per heavy atom. The van der Waals surface area contributed by atoms with E-state index in [0.717, 1.165) is 13.0 Å². The largest absolute Gasteiger partial charge is 0.307 e. The lowest BCUT2D eigenvalue weighted by Crippen LogP contribution is -2.35. The summed E-state index contributed by atoms with van der Waals surface area (Å²) in [6, 6.07) is 1.21. The van der Waals surface area contributed by atoms with E-state index in [0.29, 0.717) is 17.9 Å². The summed E-state index contributed by atoms with van der Waals surface area (Å²) in [6.45, 7) is 4.45. The number of hydrogen-bond donors (Lipinski definition) is 2. The number of hydrogen-bond acceptors (Lipinski definition) is 3. The molecule has 4 heteroatoms. The molecule has 2 aliphatic heterocycles. The van der Waals surface area contributed by atoms with Crippen molar-refractivity contribution in [1.82, 2.24) is 15.3 Å². The van der Waals surface area contributed by atoms with Gasteiger partial charge >= 0.3 is 0 Å². The second-order valence-electron chi connectivity index (χ2n) is 4.57. The fourth-order valence-electron chi connectivity index (χ4n) is 2.09. The molecule has 0 bridgehead atoms. The van der Waals surface area contributed by atoms with Crippen LogP contribution < -0.4 is 5.43 Å². The molecule has 0 aromatic carbocycles. The monoisotopic (exact) mass is 196 g/mol. The highest BCUT2D eigenvalue weighted by Gasteiger charge is 2.30. The van der Waals surface area contributed by atoms with Crippen LogP contribution in [-0.2, 0) is 0 Å². The van der Waals surface area contributed by atoms with Gasteiger partial charge in [0.15, 0.2) is 0 Å². The zero-order chi connectivity index (χ0) is 10.1. The van der Waals surface area contributed by atoms with Gasteiger partial charge in [0.05, 0.1) is 0 Å². The van der Waals surface area contributed by atoms with Crippen molar-refractivity contribution in [2.45, 2.75) is 38.3 Å². The highest BCUT2D eigenvalue weighted by atomic mass is 15.6. The zero-order valence-electron chi connectivity index (χ0n) is 9.08. The van der Waals surface area contributed by atoms with Crippen molar-refractivity contribution in [3.05, 3.63) is 0 Å². The van der Waals surface area contributed by atoms with E-state index in [4.69, 9.17) is 5.41 Å². The van der Waals surface area contributed by atoms with Gasteiger partial charge in [-0.15, -0.1) is 0 Å². The van der Waals surface area contributed by atoms with Crippen molar-refractivity contribution in [1.29, 1.82) is 5.41 Å². The highest BCUT2D eigenvalue weighted by molar-refractivity contribution is 5.79. The standard InChI is InChI=1S/C10H20N4/c1-8-7-14(8)12-10(11)6-9-4-3-5-13(9)2/h8-9H,3-7H2,1-2H3,(H2,11,12)/t8?,9-,14-/m0/s1. The number of amidine groups is 1. The number of rotatable bonds is 3. The predicted octanol–water partition coefficient (Wildman–Crippen LogP) is 0.657. The van der Waals surface area contributed by atoms with Gasteiger partial charge in [0.2, 0.25) is 0 Å². The van der Waals surface area contributed by atoms with E-state index in [2.05, 4.69) is 29.3 Å². The fourth-order valence-corrected chi connectivity index (χ4v) is 2.09. The van der Waals surface area contributed by atoms with Gasteiger partial charge in [-0.3, -0.25) is 5.41 Å². The molecule has 0 spiro atoms. The number of hydrazine groups is 1. The van der Waals surface area contributed by atoms with Gasteiger partial charge in [-0.2, -0.15) is 0 Å². The van der Waals surface area contributed by atoms with E-state index in [-0.39, 0.29) is 0 Å². The minimum absolute atomic E-state index is 0.588. The lowest BCUT2D eigenvalue weighted by molar-refractivity contribution is 0.312. The maximum atomic E-state index is 7.82. The Kier molecular flexibility index (Phi) is 2.74. The maximum absolute atomic E-state index is 7.82. The molecule has 2 fully saturated rings. The van der Waals surface area contributed by atoms with E-state index < -0.39 is 0 Å². The summed E-state index contributed by atoms with van der Waals surface area (Å²) >= 11 is 0. The third kappa shape index (κ3) is 2.25. The summed E-state index contributed by atoms with van der Waals surface area (Å²) in [4.78, 5) is 2.36. The molecule has 80 valence electrons. The number of likely N-dealkylation sites (tertiary alicyclic amines) is 1. The topological polar surface area (TPSA) is 42.1 Å². The Morgan fingerprint density at radius 3 is 2.79 bits per heavy atom. The third-order valence-electron chi connectivity index (χ3n) is 3.25.